The molecule has 0 radical (unpaired) electrons. The van der Waals surface area contributed by atoms with Crippen LogP contribution in [-0.4, -0.2) is 4.98 Å². The zero-order valence-corrected chi connectivity index (χ0v) is 12.0. The Morgan fingerprint density at radius 1 is 1.15 bits per heavy atom. The van der Waals surface area contributed by atoms with Crippen LogP contribution in [0.5, 0.6) is 0 Å². The van der Waals surface area contributed by atoms with Gasteiger partial charge in [-0.1, -0.05) is 18.2 Å². The number of halogens is 2. The van der Waals surface area contributed by atoms with Crippen LogP contribution in [0.4, 0.5) is 21.5 Å². The second-order valence-corrected chi connectivity index (χ2v) is 5.21. The van der Waals surface area contributed by atoms with E-state index < -0.39 is 0 Å². The maximum Gasteiger partial charge on any atom is 0.125 e. The third-order valence-electron chi connectivity index (χ3n) is 2.99. The Hall–Kier alpha value is -2.14. The van der Waals surface area contributed by atoms with E-state index in [-0.39, 0.29) is 5.82 Å². The fourth-order valence-electron chi connectivity index (χ4n) is 2.02. The topological polar surface area (TPSA) is 50.9 Å². The average Bonchev–Trinajstić information content (AvgIpc) is 2.46. The molecule has 3 aromatic rings. The number of rotatable bonds is 2. The summed E-state index contributed by atoms with van der Waals surface area (Å²) in [6.07, 6.45) is 1.60. The summed E-state index contributed by atoms with van der Waals surface area (Å²) < 4.78 is 14.1. The van der Waals surface area contributed by atoms with Crippen molar-refractivity contribution in [3.8, 4) is 0 Å². The zero-order chi connectivity index (χ0) is 14.1. The first-order valence-corrected chi connectivity index (χ1v) is 6.80. The second kappa shape index (κ2) is 5.09. The summed E-state index contributed by atoms with van der Waals surface area (Å²) in [4.78, 5) is 4.27. The third kappa shape index (κ3) is 2.32. The molecule has 0 aliphatic heterocycles. The highest BCUT2D eigenvalue weighted by Crippen LogP contribution is 2.33. The molecule has 0 amide bonds. The normalized spacial score (nSPS) is 10.7. The van der Waals surface area contributed by atoms with Crippen molar-refractivity contribution in [2.24, 2.45) is 0 Å². The number of nitrogens with two attached hydrogens (primary N) is 1. The summed E-state index contributed by atoms with van der Waals surface area (Å²) >= 11 is 3.39. The minimum Gasteiger partial charge on any atom is -0.396 e. The number of nitrogen functional groups attached to an aromatic ring is 1. The van der Waals surface area contributed by atoms with Gasteiger partial charge in [0.1, 0.15) is 5.82 Å². The number of anilines is 3. The first-order chi connectivity index (χ1) is 9.65. The molecule has 0 fully saturated rings. The Kier molecular flexibility index (Phi) is 3.28. The Balaban J connectivity index is 2.15. The molecule has 3 N–H and O–H groups in total. The molecule has 2 aromatic carbocycles. The van der Waals surface area contributed by atoms with Crippen molar-refractivity contribution in [2.75, 3.05) is 11.1 Å². The molecule has 1 heterocycles. The predicted molar refractivity (Wildman–Crippen MR) is 83.5 cm³/mol. The van der Waals surface area contributed by atoms with Crippen molar-refractivity contribution in [3.63, 3.8) is 0 Å². The zero-order valence-electron chi connectivity index (χ0n) is 10.4. The number of hydrogen-bond acceptors (Lipinski definition) is 3. The largest absolute Gasteiger partial charge is 0.396 e. The molecule has 0 unspecified atom stereocenters. The van der Waals surface area contributed by atoms with Gasteiger partial charge in [-0.05, 0) is 40.2 Å². The van der Waals surface area contributed by atoms with Crippen LogP contribution in [0.1, 0.15) is 0 Å². The Labute approximate surface area is 123 Å². The van der Waals surface area contributed by atoms with Crippen LogP contribution in [0, 0.1) is 5.82 Å². The fraction of sp³-hybridized carbons (Fsp3) is 0. The van der Waals surface area contributed by atoms with Crippen LogP contribution in [0.2, 0.25) is 0 Å². The molecule has 0 saturated heterocycles. The molecule has 0 saturated carbocycles. The molecule has 0 atom stereocenters. The van der Waals surface area contributed by atoms with E-state index in [4.69, 9.17) is 5.73 Å². The van der Waals surface area contributed by atoms with E-state index in [0.29, 0.717) is 11.4 Å². The number of pyridine rings is 1. The standard InChI is InChI=1S/C15H11BrFN3/c16-11-6-5-9(17)7-14(11)20-15-10-3-1-2-4-13(10)19-8-12(15)18/h1-8H,18H2,(H,19,20). The molecule has 3 nitrogen and oxygen atoms in total. The van der Waals surface area contributed by atoms with Gasteiger partial charge in [0.15, 0.2) is 0 Å². The molecule has 0 bridgehead atoms. The number of benzene rings is 2. The van der Waals surface area contributed by atoms with Crippen molar-refractivity contribution >= 4 is 43.9 Å². The van der Waals surface area contributed by atoms with Crippen LogP contribution in [-0.2, 0) is 0 Å². The lowest BCUT2D eigenvalue weighted by Crippen LogP contribution is -1.99. The van der Waals surface area contributed by atoms with Gasteiger partial charge in [0.05, 0.1) is 28.8 Å². The highest BCUT2D eigenvalue weighted by Gasteiger charge is 2.09. The van der Waals surface area contributed by atoms with Crippen molar-refractivity contribution in [2.45, 2.75) is 0 Å². The monoisotopic (exact) mass is 331 g/mol. The maximum atomic E-state index is 13.4. The first-order valence-electron chi connectivity index (χ1n) is 6.00. The van der Waals surface area contributed by atoms with Gasteiger partial charge in [-0.15, -0.1) is 0 Å². The lowest BCUT2D eigenvalue weighted by atomic mass is 10.1. The molecule has 1 aromatic heterocycles. The van der Waals surface area contributed by atoms with Gasteiger partial charge in [-0.25, -0.2) is 4.39 Å². The molecular formula is C15H11BrFN3. The fourth-order valence-corrected chi connectivity index (χ4v) is 2.37. The number of fused-ring (bicyclic) bond motifs is 1. The van der Waals surface area contributed by atoms with Crippen molar-refractivity contribution in [1.29, 1.82) is 0 Å². The number of hydrogen-bond donors (Lipinski definition) is 2. The Morgan fingerprint density at radius 2 is 1.95 bits per heavy atom. The number of aromatic nitrogens is 1. The van der Waals surface area contributed by atoms with Crippen LogP contribution in [0.15, 0.2) is 53.1 Å². The molecule has 100 valence electrons. The predicted octanol–water partition coefficient (Wildman–Crippen LogP) is 4.46. The van der Waals surface area contributed by atoms with E-state index in [1.54, 1.807) is 12.3 Å². The summed E-state index contributed by atoms with van der Waals surface area (Å²) in [5.41, 5.74) is 8.68. The van der Waals surface area contributed by atoms with E-state index in [9.17, 15) is 4.39 Å². The molecule has 20 heavy (non-hydrogen) atoms. The van der Waals surface area contributed by atoms with E-state index in [1.165, 1.54) is 12.1 Å². The quantitative estimate of drug-likeness (QED) is 0.728. The highest BCUT2D eigenvalue weighted by atomic mass is 79.9. The summed E-state index contributed by atoms with van der Waals surface area (Å²) in [5.74, 6) is -0.312. The Bertz CT molecular complexity index is 789. The maximum absolute atomic E-state index is 13.4. The molecule has 3 rings (SSSR count). The van der Waals surface area contributed by atoms with Crippen LogP contribution in [0.25, 0.3) is 10.9 Å². The van der Waals surface area contributed by atoms with Gasteiger partial charge in [0.25, 0.3) is 0 Å². The first kappa shape index (κ1) is 12.9. The van der Waals surface area contributed by atoms with Crippen molar-refractivity contribution in [1.82, 2.24) is 4.98 Å². The third-order valence-corrected chi connectivity index (χ3v) is 3.68. The van der Waals surface area contributed by atoms with E-state index in [1.807, 2.05) is 24.3 Å². The number of nitrogens with one attached hydrogen (secondary N) is 1. The smallest absolute Gasteiger partial charge is 0.125 e. The van der Waals surface area contributed by atoms with Crippen LogP contribution < -0.4 is 11.1 Å². The molecule has 0 aliphatic rings. The molecule has 5 heteroatoms. The lowest BCUT2D eigenvalue weighted by molar-refractivity contribution is 0.628. The van der Waals surface area contributed by atoms with Gasteiger partial charge >= 0.3 is 0 Å². The van der Waals surface area contributed by atoms with Gasteiger partial charge in [-0.3, -0.25) is 4.98 Å². The highest BCUT2D eigenvalue weighted by molar-refractivity contribution is 9.10. The molecule has 0 spiro atoms. The summed E-state index contributed by atoms with van der Waals surface area (Å²) in [6.45, 7) is 0. The molecular weight excluding hydrogens is 321 g/mol. The van der Waals surface area contributed by atoms with Gasteiger partial charge in [0, 0.05) is 9.86 Å². The lowest BCUT2D eigenvalue weighted by Gasteiger charge is -2.13. The SMILES string of the molecule is Nc1cnc2ccccc2c1Nc1cc(F)ccc1Br. The molecule has 0 aliphatic carbocycles. The van der Waals surface area contributed by atoms with E-state index in [2.05, 4.69) is 26.2 Å². The second-order valence-electron chi connectivity index (χ2n) is 4.35. The summed E-state index contributed by atoms with van der Waals surface area (Å²) in [5, 5.41) is 4.06. The van der Waals surface area contributed by atoms with E-state index in [0.717, 1.165) is 21.1 Å². The Morgan fingerprint density at radius 3 is 2.80 bits per heavy atom. The summed E-state index contributed by atoms with van der Waals surface area (Å²) in [6, 6.07) is 12.1. The minimum absolute atomic E-state index is 0.312. The van der Waals surface area contributed by atoms with Crippen LogP contribution >= 0.6 is 15.9 Å². The van der Waals surface area contributed by atoms with Crippen molar-refractivity contribution in [3.05, 3.63) is 59.0 Å². The minimum atomic E-state index is -0.312. The van der Waals surface area contributed by atoms with Crippen LogP contribution in [0.3, 0.4) is 0 Å². The number of nitrogens with zero attached hydrogens (tertiary/aromatic N) is 1. The average molecular weight is 332 g/mol. The van der Waals surface area contributed by atoms with Gasteiger partial charge < -0.3 is 11.1 Å². The van der Waals surface area contributed by atoms with E-state index >= 15 is 0 Å². The van der Waals surface area contributed by atoms with Crippen molar-refractivity contribution < 1.29 is 4.39 Å². The van der Waals surface area contributed by atoms with Gasteiger partial charge in [0.2, 0.25) is 0 Å². The van der Waals surface area contributed by atoms with Gasteiger partial charge in [-0.2, -0.15) is 0 Å². The summed E-state index contributed by atoms with van der Waals surface area (Å²) in [7, 11) is 0. The number of para-hydroxylation sites is 1.